The molecule has 0 aliphatic rings. The maximum atomic E-state index is 10.7. The van der Waals surface area contributed by atoms with Crippen molar-refractivity contribution in [2.24, 2.45) is 0 Å². The van der Waals surface area contributed by atoms with Crippen molar-refractivity contribution in [3.63, 3.8) is 0 Å². The maximum absolute atomic E-state index is 10.7. The highest BCUT2D eigenvalue weighted by atomic mass is 32.1. The van der Waals surface area contributed by atoms with E-state index in [1.54, 1.807) is 6.92 Å². The molecule has 0 aromatic carbocycles. The van der Waals surface area contributed by atoms with Crippen molar-refractivity contribution in [2.75, 3.05) is 0 Å². The summed E-state index contributed by atoms with van der Waals surface area (Å²) in [4.78, 5) is 15.3. The molecule has 0 radical (unpaired) electrons. The Morgan fingerprint density at radius 2 is 2.00 bits per heavy atom. The van der Waals surface area contributed by atoms with Crippen LogP contribution in [0.2, 0.25) is 0 Å². The second-order valence-corrected chi connectivity index (χ2v) is 4.99. The van der Waals surface area contributed by atoms with Crippen LogP contribution >= 0.6 is 11.3 Å². The third kappa shape index (κ3) is 2.06. The molecule has 0 bridgehead atoms. The van der Waals surface area contributed by atoms with Gasteiger partial charge in [-0.05, 0) is 6.92 Å². The molecule has 1 rings (SSSR count). The summed E-state index contributed by atoms with van der Waals surface area (Å²) in [5.41, 5.74) is 0.547. The van der Waals surface area contributed by atoms with Gasteiger partial charge in [-0.25, -0.2) is 9.78 Å². The van der Waals surface area contributed by atoms with E-state index < -0.39 is 5.97 Å². The standard InChI is InChI=1S/C9H13NO2S/c1-5-6(7(11)12)13-8(10-5)9(2,3)4/h1-4H3,(H,11,12). The molecule has 0 aliphatic carbocycles. The summed E-state index contributed by atoms with van der Waals surface area (Å²) in [7, 11) is 0. The van der Waals surface area contributed by atoms with Crippen LogP contribution in [0.5, 0.6) is 0 Å². The van der Waals surface area contributed by atoms with Crippen LogP contribution in [0.4, 0.5) is 0 Å². The zero-order valence-corrected chi connectivity index (χ0v) is 9.03. The Morgan fingerprint density at radius 3 is 2.23 bits per heavy atom. The predicted molar refractivity (Wildman–Crippen MR) is 52.5 cm³/mol. The molecule has 0 amide bonds. The Balaban J connectivity index is 3.17. The number of hydrogen-bond acceptors (Lipinski definition) is 3. The summed E-state index contributed by atoms with van der Waals surface area (Å²) in [5, 5.41) is 9.69. The third-order valence-electron chi connectivity index (χ3n) is 1.63. The van der Waals surface area contributed by atoms with Crippen LogP contribution in [0.1, 0.15) is 41.1 Å². The number of rotatable bonds is 1. The minimum absolute atomic E-state index is 0.0663. The first-order chi connectivity index (χ1) is 5.82. The van der Waals surface area contributed by atoms with Gasteiger partial charge in [0.25, 0.3) is 0 Å². The molecule has 0 spiro atoms. The van der Waals surface area contributed by atoms with Gasteiger partial charge < -0.3 is 5.11 Å². The van der Waals surface area contributed by atoms with E-state index in [0.29, 0.717) is 10.6 Å². The van der Waals surface area contributed by atoms with Gasteiger partial charge in [0, 0.05) is 5.41 Å². The zero-order chi connectivity index (χ0) is 10.2. The minimum atomic E-state index is -0.884. The molecule has 0 saturated heterocycles. The number of nitrogens with zero attached hydrogens (tertiary/aromatic N) is 1. The summed E-state index contributed by atoms with van der Waals surface area (Å²) >= 11 is 1.26. The summed E-state index contributed by atoms with van der Waals surface area (Å²) < 4.78 is 0. The van der Waals surface area contributed by atoms with Gasteiger partial charge in [-0.15, -0.1) is 11.3 Å². The van der Waals surface area contributed by atoms with Gasteiger partial charge in [0.2, 0.25) is 0 Å². The van der Waals surface area contributed by atoms with Crippen LogP contribution in [0.3, 0.4) is 0 Å². The highest BCUT2D eigenvalue weighted by Gasteiger charge is 2.22. The highest BCUT2D eigenvalue weighted by Crippen LogP contribution is 2.28. The molecule has 72 valence electrons. The van der Waals surface area contributed by atoms with Crippen molar-refractivity contribution in [1.29, 1.82) is 0 Å². The van der Waals surface area contributed by atoms with Gasteiger partial charge in [0.05, 0.1) is 10.7 Å². The number of thiazole rings is 1. The van der Waals surface area contributed by atoms with Crippen molar-refractivity contribution in [2.45, 2.75) is 33.1 Å². The third-order valence-corrected chi connectivity index (χ3v) is 3.20. The molecule has 1 N–H and O–H groups in total. The van der Waals surface area contributed by atoms with Crippen molar-refractivity contribution in [3.8, 4) is 0 Å². The molecule has 3 nitrogen and oxygen atoms in total. The second kappa shape index (κ2) is 3.10. The smallest absolute Gasteiger partial charge is 0.347 e. The van der Waals surface area contributed by atoms with Gasteiger partial charge in [0.15, 0.2) is 0 Å². The summed E-state index contributed by atoms with van der Waals surface area (Å²) in [6, 6.07) is 0. The lowest BCUT2D eigenvalue weighted by molar-refractivity contribution is 0.0701. The van der Waals surface area contributed by atoms with Gasteiger partial charge in [-0.3, -0.25) is 0 Å². The van der Waals surface area contributed by atoms with Gasteiger partial charge in [-0.2, -0.15) is 0 Å². The molecule has 0 aliphatic heterocycles. The first-order valence-electron chi connectivity index (χ1n) is 4.03. The van der Waals surface area contributed by atoms with Crippen LogP contribution in [-0.4, -0.2) is 16.1 Å². The van der Waals surface area contributed by atoms with Crippen LogP contribution in [0.15, 0.2) is 0 Å². The molecule has 1 aromatic rings. The van der Waals surface area contributed by atoms with Gasteiger partial charge >= 0.3 is 5.97 Å². The molecule has 0 unspecified atom stereocenters. The van der Waals surface area contributed by atoms with Crippen LogP contribution in [-0.2, 0) is 5.41 Å². The lowest BCUT2D eigenvalue weighted by Gasteiger charge is -2.13. The first kappa shape index (κ1) is 10.2. The van der Waals surface area contributed by atoms with Gasteiger partial charge in [-0.1, -0.05) is 20.8 Å². The number of carbonyl (C=O) groups is 1. The first-order valence-corrected chi connectivity index (χ1v) is 4.85. The molecular formula is C9H13NO2S. The summed E-state index contributed by atoms with van der Waals surface area (Å²) in [6.45, 7) is 7.81. The molecular weight excluding hydrogens is 186 g/mol. The molecule has 13 heavy (non-hydrogen) atoms. The Kier molecular flexibility index (Phi) is 2.43. The predicted octanol–water partition coefficient (Wildman–Crippen LogP) is 2.45. The quantitative estimate of drug-likeness (QED) is 0.755. The molecule has 0 fully saturated rings. The number of aromatic carboxylic acids is 1. The summed E-state index contributed by atoms with van der Waals surface area (Å²) in [6.07, 6.45) is 0. The molecule has 1 heterocycles. The van der Waals surface area contributed by atoms with E-state index in [-0.39, 0.29) is 5.41 Å². The van der Waals surface area contributed by atoms with Crippen molar-refractivity contribution < 1.29 is 9.90 Å². The van der Waals surface area contributed by atoms with Crippen LogP contribution < -0.4 is 0 Å². The number of carboxylic acid groups (broad SMARTS) is 1. The van der Waals surface area contributed by atoms with E-state index in [2.05, 4.69) is 4.98 Å². The fourth-order valence-electron chi connectivity index (χ4n) is 0.916. The monoisotopic (exact) mass is 199 g/mol. The van der Waals surface area contributed by atoms with Crippen LogP contribution in [0.25, 0.3) is 0 Å². The normalized spacial score (nSPS) is 11.7. The van der Waals surface area contributed by atoms with E-state index in [1.165, 1.54) is 11.3 Å². The fourth-order valence-corrected chi connectivity index (χ4v) is 1.88. The van der Waals surface area contributed by atoms with Crippen molar-refractivity contribution >= 4 is 17.3 Å². The summed E-state index contributed by atoms with van der Waals surface area (Å²) in [5.74, 6) is -0.884. The molecule has 1 aromatic heterocycles. The molecule has 0 atom stereocenters. The lowest BCUT2D eigenvalue weighted by atomic mass is 9.98. The largest absolute Gasteiger partial charge is 0.477 e. The highest BCUT2D eigenvalue weighted by molar-refractivity contribution is 7.13. The Bertz CT molecular complexity index is 336. The molecule has 0 saturated carbocycles. The minimum Gasteiger partial charge on any atom is -0.477 e. The number of aromatic nitrogens is 1. The maximum Gasteiger partial charge on any atom is 0.347 e. The van der Waals surface area contributed by atoms with Crippen LogP contribution in [0, 0.1) is 6.92 Å². The van der Waals surface area contributed by atoms with Gasteiger partial charge in [0.1, 0.15) is 4.88 Å². The topological polar surface area (TPSA) is 50.2 Å². The molecule has 4 heteroatoms. The average Bonchev–Trinajstić information content (AvgIpc) is 2.29. The lowest BCUT2D eigenvalue weighted by Crippen LogP contribution is -2.10. The Hall–Kier alpha value is -0.900. The van der Waals surface area contributed by atoms with E-state index in [1.807, 2.05) is 20.8 Å². The fraction of sp³-hybridized carbons (Fsp3) is 0.556. The Morgan fingerprint density at radius 1 is 1.46 bits per heavy atom. The van der Waals surface area contributed by atoms with Crippen molar-refractivity contribution in [1.82, 2.24) is 4.98 Å². The Labute approximate surface area is 81.4 Å². The average molecular weight is 199 g/mol. The van der Waals surface area contributed by atoms with Crippen molar-refractivity contribution in [3.05, 3.63) is 15.6 Å². The van der Waals surface area contributed by atoms with E-state index in [4.69, 9.17) is 5.11 Å². The second-order valence-electron chi connectivity index (χ2n) is 3.99. The number of hydrogen-bond donors (Lipinski definition) is 1. The zero-order valence-electron chi connectivity index (χ0n) is 8.21. The van der Waals surface area contributed by atoms with E-state index in [9.17, 15) is 4.79 Å². The van der Waals surface area contributed by atoms with E-state index >= 15 is 0 Å². The number of aryl methyl sites for hydroxylation is 1. The van der Waals surface area contributed by atoms with E-state index in [0.717, 1.165) is 5.01 Å². The SMILES string of the molecule is Cc1nc(C(C)(C)C)sc1C(=O)O. The number of carboxylic acids is 1.